The first-order valence-electron chi connectivity index (χ1n) is 7.87. The van der Waals surface area contributed by atoms with E-state index in [4.69, 9.17) is 11.6 Å². The molecule has 128 valence electrons. The lowest BCUT2D eigenvalue weighted by Crippen LogP contribution is -2.18. The van der Waals surface area contributed by atoms with Crippen LogP contribution < -0.4 is 5.32 Å². The van der Waals surface area contributed by atoms with E-state index in [0.717, 1.165) is 10.5 Å². The summed E-state index contributed by atoms with van der Waals surface area (Å²) in [5, 5.41) is 7.88. The van der Waals surface area contributed by atoms with E-state index in [0.29, 0.717) is 23.1 Å². The summed E-state index contributed by atoms with van der Waals surface area (Å²) in [7, 11) is 0. The zero-order chi connectivity index (χ0) is 17.6. The van der Waals surface area contributed by atoms with Crippen LogP contribution in [0.2, 0.25) is 5.02 Å². The number of hydrogen-bond donors (Lipinski definition) is 1. The Bertz CT molecular complexity index is 878. The van der Waals surface area contributed by atoms with Gasteiger partial charge in [0.05, 0.1) is 18.5 Å². The molecule has 0 atom stereocenters. The molecule has 0 bridgehead atoms. The number of amides is 1. The van der Waals surface area contributed by atoms with Gasteiger partial charge in [-0.05, 0) is 30.2 Å². The first-order valence-corrected chi connectivity index (χ1v) is 9.23. The van der Waals surface area contributed by atoms with Crippen LogP contribution in [0.3, 0.4) is 0 Å². The minimum absolute atomic E-state index is 0.0610. The number of carbonyl (C=O) groups is 1. The Morgan fingerprint density at radius 2 is 1.92 bits per heavy atom. The molecule has 0 fully saturated rings. The minimum Gasteiger partial charge on any atom is -0.310 e. The highest BCUT2D eigenvalue weighted by Gasteiger charge is 2.10. The molecule has 6 heteroatoms. The van der Waals surface area contributed by atoms with E-state index < -0.39 is 0 Å². The van der Waals surface area contributed by atoms with Crippen molar-refractivity contribution in [3.63, 3.8) is 0 Å². The fourth-order valence-corrected chi connectivity index (χ4v) is 3.42. The molecule has 0 radical (unpaired) electrons. The standard InChI is InChI=1S/C19H18ClN3OS/c1-14-6-2-5-9-17(14)25-13-19(24)22-18-10-11-21-23(18)12-15-7-3-4-8-16(15)20/h2-11H,12-13H2,1H3,(H,22,24). The SMILES string of the molecule is Cc1ccccc1SCC(=O)Nc1ccnn1Cc1ccccc1Cl. The summed E-state index contributed by atoms with van der Waals surface area (Å²) in [5.41, 5.74) is 2.13. The molecule has 0 saturated heterocycles. The number of anilines is 1. The number of aryl methyl sites for hydroxylation is 1. The highest BCUT2D eigenvalue weighted by molar-refractivity contribution is 8.00. The Labute approximate surface area is 156 Å². The fourth-order valence-electron chi connectivity index (χ4n) is 2.39. The zero-order valence-electron chi connectivity index (χ0n) is 13.8. The van der Waals surface area contributed by atoms with Crippen molar-refractivity contribution in [1.29, 1.82) is 0 Å². The first-order chi connectivity index (χ1) is 12.1. The summed E-state index contributed by atoms with van der Waals surface area (Å²) in [6.45, 7) is 2.55. The van der Waals surface area contributed by atoms with E-state index in [1.807, 2.05) is 55.5 Å². The quantitative estimate of drug-likeness (QED) is 0.643. The van der Waals surface area contributed by atoms with Gasteiger partial charge in [0, 0.05) is 16.0 Å². The predicted molar refractivity (Wildman–Crippen MR) is 103 cm³/mol. The van der Waals surface area contributed by atoms with Gasteiger partial charge < -0.3 is 5.32 Å². The van der Waals surface area contributed by atoms with E-state index in [2.05, 4.69) is 10.4 Å². The molecule has 2 aromatic carbocycles. The average molecular weight is 372 g/mol. The maximum Gasteiger partial charge on any atom is 0.235 e. The molecule has 4 nitrogen and oxygen atoms in total. The average Bonchev–Trinajstić information content (AvgIpc) is 3.03. The molecule has 3 rings (SSSR count). The summed E-state index contributed by atoms with van der Waals surface area (Å²) >= 11 is 7.73. The van der Waals surface area contributed by atoms with Crippen molar-refractivity contribution in [1.82, 2.24) is 9.78 Å². The zero-order valence-corrected chi connectivity index (χ0v) is 15.3. The van der Waals surface area contributed by atoms with Crippen molar-refractivity contribution in [3.8, 4) is 0 Å². The molecular weight excluding hydrogens is 354 g/mol. The molecule has 0 spiro atoms. The number of nitrogens with one attached hydrogen (secondary N) is 1. The molecule has 1 aromatic heterocycles. The van der Waals surface area contributed by atoms with Gasteiger partial charge in [-0.2, -0.15) is 5.10 Å². The van der Waals surface area contributed by atoms with Crippen molar-refractivity contribution in [2.45, 2.75) is 18.4 Å². The summed E-state index contributed by atoms with van der Waals surface area (Å²) in [6.07, 6.45) is 1.67. The predicted octanol–water partition coefficient (Wildman–Crippen LogP) is 4.62. The monoisotopic (exact) mass is 371 g/mol. The second-order valence-electron chi connectivity index (χ2n) is 5.57. The summed E-state index contributed by atoms with van der Waals surface area (Å²) in [6, 6.07) is 17.4. The summed E-state index contributed by atoms with van der Waals surface area (Å²) in [4.78, 5) is 13.4. The lowest BCUT2D eigenvalue weighted by Gasteiger charge is -2.10. The Kier molecular flexibility index (Phi) is 5.79. The molecule has 1 heterocycles. The van der Waals surface area contributed by atoms with E-state index in [1.54, 1.807) is 16.9 Å². The molecule has 1 N–H and O–H groups in total. The van der Waals surface area contributed by atoms with E-state index in [1.165, 1.54) is 17.3 Å². The van der Waals surface area contributed by atoms with Gasteiger partial charge in [-0.25, -0.2) is 4.68 Å². The van der Waals surface area contributed by atoms with Crippen LogP contribution in [0.5, 0.6) is 0 Å². The fraction of sp³-hybridized carbons (Fsp3) is 0.158. The summed E-state index contributed by atoms with van der Waals surface area (Å²) < 4.78 is 1.73. The van der Waals surface area contributed by atoms with Crippen molar-refractivity contribution >= 4 is 35.1 Å². The van der Waals surface area contributed by atoms with Gasteiger partial charge in [0.25, 0.3) is 0 Å². The van der Waals surface area contributed by atoms with Crippen LogP contribution in [0.4, 0.5) is 5.82 Å². The second kappa shape index (κ2) is 8.23. The van der Waals surface area contributed by atoms with Crippen LogP contribution in [-0.4, -0.2) is 21.4 Å². The van der Waals surface area contributed by atoms with Crippen molar-refractivity contribution in [2.24, 2.45) is 0 Å². The Hall–Kier alpha value is -2.24. The van der Waals surface area contributed by atoms with Gasteiger partial charge in [-0.3, -0.25) is 4.79 Å². The minimum atomic E-state index is -0.0610. The number of nitrogens with zero attached hydrogens (tertiary/aromatic N) is 2. The van der Waals surface area contributed by atoms with Crippen molar-refractivity contribution in [2.75, 3.05) is 11.1 Å². The maximum absolute atomic E-state index is 12.3. The number of carbonyl (C=O) groups excluding carboxylic acids is 1. The normalized spacial score (nSPS) is 10.6. The number of aromatic nitrogens is 2. The molecule has 0 unspecified atom stereocenters. The van der Waals surface area contributed by atoms with Crippen molar-refractivity contribution in [3.05, 3.63) is 76.9 Å². The molecular formula is C19H18ClN3OS. The smallest absolute Gasteiger partial charge is 0.235 e. The Balaban J connectivity index is 1.62. The lowest BCUT2D eigenvalue weighted by molar-refractivity contribution is -0.113. The van der Waals surface area contributed by atoms with E-state index in [9.17, 15) is 4.79 Å². The number of benzene rings is 2. The molecule has 25 heavy (non-hydrogen) atoms. The van der Waals surface area contributed by atoms with E-state index >= 15 is 0 Å². The number of hydrogen-bond acceptors (Lipinski definition) is 3. The highest BCUT2D eigenvalue weighted by Crippen LogP contribution is 2.22. The number of halogens is 1. The molecule has 1 amide bonds. The van der Waals surface area contributed by atoms with Crippen LogP contribution in [-0.2, 0) is 11.3 Å². The van der Waals surface area contributed by atoms with Crippen LogP contribution in [0, 0.1) is 6.92 Å². The van der Waals surface area contributed by atoms with Gasteiger partial charge in [0.2, 0.25) is 5.91 Å². The second-order valence-corrected chi connectivity index (χ2v) is 6.99. The van der Waals surface area contributed by atoms with Crippen LogP contribution in [0.15, 0.2) is 65.7 Å². The molecule has 0 saturated carbocycles. The van der Waals surface area contributed by atoms with Gasteiger partial charge in [-0.1, -0.05) is 48.0 Å². The molecule has 0 aliphatic carbocycles. The van der Waals surface area contributed by atoms with Crippen molar-refractivity contribution < 1.29 is 4.79 Å². The number of rotatable bonds is 6. The molecule has 0 aliphatic rings. The third-order valence-electron chi connectivity index (χ3n) is 3.71. The first kappa shape index (κ1) is 17.6. The third kappa shape index (κ3) is 4.65. The van der Waals surface area contributed by atoms with Gasteiger partial charge in [0.15, 0.2) is 0 Å². The van der Waals surface area contributed by atoms with E-state index in [-0.39, 0.29) is 5.91 Å². The highest BCUT2D eigenvalue weighted by atomic mass is 35.5. The van der Waals surface area contributed by atoms with Gasteiger partial charge in [0.1, 0.15) is 5.82 Å². The largest absolute Gasteiger partial charge is 0.310 e. The third-order valence-corrected chi connectivity index (χ3v) is 5.26. The maximum atomic E-state index is 12.3. The van der Waals surface area contributed by atoms with Crippen LogP contribution in [0.25, 0.3) is 0 Å². The van der Waals surface area contributed by atoms with Crippen LogP contribution >= 0.6 is 23.4 Å². The number of thioether (sulfide) groups is 1. The molecule has 3 aromatic rings. The lowest BCUT2D eigenvalue weighted by atomic mass is 10.2. The topological polar surface area (TPSA) is 46.9 Å². The summed E-state index contributed by atoms with van der Waals surface area (Å²) in [5.74, 6) is 0.951. The van der Waals surface area contributed by atoms with Crippen LogP contribution in [0.1, 0.15) is 11.1 Å². The molecule has 0 aliphatic heterocycles. The Morgan fingerprint density at radius 1 is 1.16 bits per heavy atom. The van der Waals surface area contributed by atoms with Gasteiger partial charge in [-0.15, -0.1) is 11.8 Å². The van der Waals surface area contributed by atoms with Gasteiger partial charge >= 0.3 is 0 Å². The Morgan fingerprint density at radius 3 is 2.72 bits per heavy atom.